The highest BCUT2D eigenvalue weighted by Gasteiger charge is 2.54. The van der Waals surface area contributed by atoms with E-state index in [-0.39, 0.29) is 12.0 Å². The normalized spacial score (nSPS) is 48.1. The maximum absolute atomic E-state index is 10.8. The average molecular weight is 156 g/mol. The molecule has 0 radical (unpaired) electrons. The van der Waals surface area contributed by atoms with Gasteiger partial charge in [0.1, 0.15) is 0 Å². The van der Waals surface area contributed by atoms with Crippen LogP contribution in [0.3, 0.4) is 0 Å². The summed E-state index contributed by atoms with van der Waals surface area (Å²) in [5.41, 5.74) is -0.552. The number of carboxylic acid groups (broad SMARTS) is 1. The second kappa shape index (κ2) is 1.97. The van der Waals surface area contributed by atoms with Crippen LogP contribution in [-0.4, -0.2) is 22.3 Å². The maximum Gasteiger partial charge on any atom is 0.309 e. The van der Waals surface area contributed by atoms with Crippen LogP contribution in [-0.2, 0) is 4.79 Å². The molecule has 3 atom stereocenters. The molecule has 0 heterocycles. The zero-order chi connectivity index (χ0) is 8.06. The summed E-state index contributed by atoms with van der Waals surface area (Å²) >= 11 is 0. The van der Waals surface area contributed by atoms with Crippen LogP contribution < -0.4 is 0 Å². The molecule has 3 heteroatoms. The minimum Gasteiger partial charge on any atom is -0.481 e. The van der Waals surface area contributed by atoms with Gasteiger partial charge in [-0.1, -0.05) is 0 Å². The number of carboxylic acids is 1. The Balaban J connectivity index is 2.23. The second-order valence-corrected chi connectivity index (χ2v) is 3.86. The largest absolute Gasteiger partial charge is 0.481 e. The number of aliphatic carboxylic acids is 1. The van der Waals surface area contributed by atoms with Crippen molar-refractivity contribution in [1.82, 2.24) is 0 Å². The van der Waals surface area contributed by atoms with Gasteiger partial charge in [0.2, 0.25) is 0 Å². The van der Waals surface area contributed by atoms with Crippen molar-refractivity contribution in [2.75, 3.05) is 0 Å². The molecule has 11 heavy (non-hydrogen) atoms. The third kappa shape index (κ3) is 0.805. The Morgan fingerprint density at radius 3 is 2.45 bits per heavy atom. The van der Waals surface area contributed by atoms with Crippen molar-refractivity contribution in [2.45, 2.75) is 31.8 Å². The fraction of sp³-hybridized carbons (Fsp3) is 0.875. The minimum atomic E-state index is -0.712. The Morgan fingerprint density at radius 1 is 1.45 bits per heavy atom. The molecule has 3 nitrogen and oxygen atoms in total. The summed E-state index contributed by atoms with van der Waals surface area (Å²) in [7, 11) is 0. The summed E-state index contributed by atoms with van der Waals surface area (Å²) in [6.45, 7) is 0. The molecule has 2 aliphatic rings. The first-order valence-electron chi connectivity index (χ1n) is 4.05. The third-order valence-corrected chi connectivity index (χ3v) is 3.24. The van der Waals surface area contributed by atoms with Crippen LogP contribution in [0.15, 0.2) is 0 Å². The van der Waals surface area contributed by atoms with E-state index in [0.29, 0.717) is 12.8 Å². The van der Waals surface area contributed by atoms with Gasteiger partial charge in [0.25, 0.3) is 0 Å². The lowest BCUT2D eigenvalue weighted by Gasteiger charge is -2.22. The first-order chi connectivity index (χ1) is 5.14. The van der Waals surface area contributed by atoms with Gasteiger partial charge in [-0.3, -0.25) is 4.79 Å². The molecule has 0 aliphatic heterocycles. The summed E-state index contributed by atoms with van der Waals surface area (Å²) in [6.07, 6.45) is 2.49. The van der Waals surface area contributed by atoms with Gasteiger partial charge in [-0.25, -0.2) is 0 Å². The first kappa shape index (κ1) is 7.10. The van der Waals surface area contributed by atoms with E-state index in [1.165, 1.54) is 0 Å². The Kier molecular flexibility index (Phi) is 1.27. The SMILES string of the molecule is O=C(O)[C@]12CC[C@@H](C1)C(O)C2. The molecule has 0 aromatic heterocycles. The molecule has 1 unspecified atom stereocenters. The van der Waals surface area contributed by atoms with E-state index in [1.807, 2.05) is 0 Å². The molecule has 0 spiro atoms. The van der Waals surface area contributed by atoms with Gasteiger partial charge in [0, 0.05) is 0 Å². The lowest BCUT2D eigenvalue weighted by molar-refractivity contribution is -0.149. The zero-order valence-electron chi connectivity index (χ0n) is 6.29. The van der Waals surface area contributed by atoms with Crippen molar-refractivity contribution in [3.63, 3.8) is 0 Å². The van der Waals surface area contributed by atoms with E-state index in [9.17, 15) is 9.90 Å². The molecule has 2 saturated carbocycles. The van der Waals surface area contributed by atoms with Crippen molar-refractivity contribution >= 4 is 5.97 Å². The third-order valence-electron chi connectivity index (χ3n) is 3.24. The van der Waals surface area contributed by atoms with Gasteiger partial charge in [-0.05, 0) is 31.6 Å². The van der Waals surface area contributed by atoms with E-state index in [1.54, 1.807) is 0 Å². The quantitative estimate of drug-likeness (QED) is 0.585. The summed E-state index contributed by atoms with van der Waals surface area (Å²) < 4.78 is 0. The van der Waals surface area contributed by atoms with Crippen LogP contribution in [0.1, 0.15) is 25.7 Å². The predicted octanol–water partition coefficient (Wildman–Crippen LogP) is 0.622. The van der Waals surface area contributed by atoms with Gasteiger partial charge >= 0.3 is 5.97 Å². The second-order valence-electron chi connectivity index (χ2n) is 3.86. The van der Waals surface area contributed by atoms with Crippen molar-refractivity contribution < 1.29 is 15.0 Å². The van der Waals surface area contributed by atoms with Crippen LogP contribution in [0.2, 0.25) is 0 Å². The van der Waals surface area contributed by atoms with Crippen LogP contribution >= 0.6 is 0 Å². The van der Waals surface area contributed by atoms with Crippen LogP contribution in [0.4, 0.5) is 0 Å². The number of rotatable bonds is 1. The van der Waals surface area contributed by atoms with Crippen LogP contribution in [0.25, 0.3) is 0 Å². The molecule has 0 amide bonds. The Labute approximate surface area is 65.0 Å². The summed E-state index contributed by atoms with van der Waals surface area (Å²) in [5, 5.41) is 18.3. The van der Waals surface area contributed by atoms with Gasteiger partial charge < -0.3 is 10.2 Å². The van der Waals surface area contributed by atoms with E-state index in [2.05, 4.69) is 0 Å². The zero-order valence-corrected chi connectivity index (χ0v) is 6.29. The molecular formula is C8H12O3. The predicted molar refractivity (Wildman–Crippen MR) is 38.0 cm³/mol. The van der Waals surface area contributed by atoms with Crippen molar-refractivity contribution in [1.29, 1.82) is 0 Å². The Morgan fingerprint density at radius 2 is 2.18 bits per heavy atom. The molecule has 2 N–H and O–H groups in total. The topological polar surface area (TPSA) is 57.5 Å². The molecule has 62 valence electrons. The lowest BCUT2D eigenvalue weighted by Crippen LogP contribution is -2.29. The van der Waals surface area contributed by atoms with E-state index in [0.717, 1.165) is 12.8 Å². The van der Waals surface area contributed by atoms with Gasteiger partial charge in [0.05, 0.1) is 11.5 Å². The van der Waals surface area contributed by atoms with Gasteiger partial charge in [-0.15, -0.1) is 0 Å². The number of aliphatic hydroxyl groups excluding tert-OH is 1. The smallest absolute Gasteiger partial charge is 0.309 e. The number of carbonyl (C=O) groups is 1. The molecule has 2 aliphatic carbocycles. The molecule has 2 bridgehead atoms. The highest BCUT2D eigenvalue weighted by molar-refractivity contribution is 5.75. The summed E-state index contributed by atoms with van der Waals surface area (Å²) in [6, 6.07) is 0. The minimum absolute atomic E-state index is 0.270. The number of hydrogen-bond donors (Lipinski definition) is 2. The lowest BCUT2D eigenvalue weighted by atomic mass is 9.84. The number of fused-ring (bicyclic) bond motifs is 2. The fourth-order valence-electron chi connectivity index (χ4n) is 2.53. The number of aliphatic hydroxyl groups is 1. The summed E-state index contributed by atoms with van der Waals surface area (Å²) in [4.78, 5) is 10.8. The molecular weight excluding hydrogens is 144 g/mol. The van der Waals surface area contributed by atoms with Gasteiger partial charge in [-0.2, -0.15) is 0 Å². The molecule has 0 aromatic rings. The standard InChI is InChI=1S/C8H12O3/c9-6-4-8(7(10)11)2-1-5(6)3-8/h5-6,9H,1-4H2,(H,10,11)/t5-,6?,8+/m0/s1. The van der Waals surface area contributed by atoms with Crippen molar-refractivity contribution in [3.8, 4) is 0 Å². The molecule has 0 saturated heterocycles. The van der Waals surface area contributed by atoms with Crippen LogP contribution in [0.5, 0.6) is 0 Å². The Hall–Kier alpha value is -0.570. The van der Waals surface area contributed by atoms with Gasteiger partial charge in [0.15, 0.2) is 0 Å². The molecule has 0 aromatic carbocycles. The van der Waals surface area contributed by atoms with E-state index >= 15 is 0 Å². The van der Waals surface area contributed by atoms with Crippen molar-refractivity contribution in [2.24, 2.45) is 11.3 Å². The monoisotopic (exact) mass is 156 g/mol. The molecule has 2 fully saturated rings. The van der Waals surface area contributed by atoms with E-state index < -0.39 is 11.4 Å². The first-order valence-corrected chi connectivity index (χ1v) is 4.05. The maximum atomic E-state index is 10.8. The summed E-state index contributed by atoms with van der Waals surface area (Å²) in [5.74, 6) is -0.442. The average Bonchev–Trinajstić information content (AvgIpc) is 2.44. The highest BCUT2D eigenvalue weighted by Crippen LogP contribution is 2.54. The van der Waals surface area contributed by atoms with E-state index in [4.69, 9.17) is 5.11 Å². The number of hydrogen-bond acceptors (Lipinski definition) is 2. The Bertz CT molecular complexity index is 198. The van der Waals surface area contributed by atoms with Crippen LogP contribution in [0, 0.1) is 11.3 Å². The molecule has 2 rings (SSSR count). The fourth-order valence-corrected chi connectivity index (χ4v) is 2.53. The highest BCUT2D eigenvalue weighted by atomic mass is 16.4. The van der Waals surface area contributed by atoms with Crippen molar-refractivity contribution in [3.05, 3.63) is 0 Å².